The van der Waals surface area contributed by atoms with Gasteiger partial charge in [-0.15, -0.1) is 0 Å². The molecule has 1 N–H and O–H groups in total. The first-order valence-electron chi connectivity index (χ1n) is 9.38. The number of carboxylic acid groups (broad SMARTS) is 1. The average Bonchev–Trinajstić information content (AvgIpc) is 2.95. The van der Waals surface area contributed by atoms with Crippen LogP contribution in [-0.2, 0) is 4.79 Å². The fourth-order valence-corrected chi connectivity index (χ4v) is 3.97. The highest BCUT2D eigenvalue weighted by atomic mass is 127. The molecule has 3 nitrogen and oxygen atoms in total. The molecule has 3 aromatic rings. The molecule has 0 atom stereocenters. The van der Waals surface area contributed by atoms with E-state index in [1.165, 1.54) is 12.1 Å². The van der Waals surface area contributed by atoms with Gasteiger partial charge in [-0.25, -0.2) is 4.39 Å². The molecule has 0 aromatic heterocycles. The SMILES string of the molecule is CC1=C(CC(=O)O)c2cc(F)ccc2/C1=C\c1cccc(Oc2ccc(I)cc2)c1. The second kappa shape index (κ2) is 8.44. The Kier molecular flexibility index (Phi) is 5.72. The molecule has 150 valence electrons. The number of benzene rings is 3. The van der Waals surface area contributed by atoms with E-state index in [9.17, 15) is 14.3 Å². The van der Waals surface area contributed by atoms with Gasteiger partial charge in [-0.3, -0.25) is 4.79 Å². The highest BCUT2D eigenvalue weighted by Gasteiger charge is 2.25. The molecule has 0 amide bonds. The van der Waals surface area contributed by atoms with Crippen LogP contribution in [0.2, 0.25) is 0 Å². The minimum atomic E-state index is -0.936. The van der Waals surface area contributed by atoms with Gasteiger partial charge in [0.1, 0.15) is 17.3 Å². The van der Waals surface area contributed by atoms with Crippen LogP contribution >= 0.6 is 22.6 Å². The second-order valence-corrected chi connectivity index (χ2v) is 8.30. The van der Waals surface area contributed by atoms with E-state index >= 15 is 0 Å². The summed E-state index contributed by atoms with van der Waals surface area (Å²) in [6.07, 6.45) is 1.84. The molecule has 0 saturated heterocycles. The predicted octanol–water partition coefficient (Wildman–Crippen LogP) is 7.03. The van der Waals surface area contributed by atoms with Crippen LogP contribution in [0.15, 0.2) is 72.3 Å². The first kappa shape index (κ1) is 20.3. The van der Waals surface area contributed by atoms with Crippen LogP contribution in [0.5, 0.6) is 11.5 Å². The van der Waals surface area contributed by atoms with Crippen molar-refractivity contribution in [1.82, 2.24) is 0 Å². The van der Waals surface area contributed by atoms with Crippen molar-refractivity contribution in [2.24, 2.45) is 0 Å². The molecule has 0 heterocycles. The molecule has 0 fully saturated rings. The number of carbonyl (C=O) groups is 1. The zero-order chi connectivity index (χ0) is 21.3. The van der Waals surface area contributed by atoms with E-state index < -0.39 is 5.97 Å². The number of hydrogen-bond acceptors (Lipinski definition) is 2. The first-order valence-corrected chi connectivity index (χ1v) is 10.5. The summed E-state index contributed by atoms with van der Waals surface area (Å²) in [5.41, 5.74) is 4.80. The third-order valence-corrected chi connectivity index (χ3v) is 5.72. The van der Waals surface area contributed by atoms with Crippen molar-refractivity contribution >= 4 is 45.8 Å². The van der Waals surface area contributed by atoms with Crippen LogP contribution in [0.25, 0.3) is 17.2 Å². The zero-order valence-electron chi connectivity index (χ0n) is 16.2. The second-order valence-electron chi connectivity index (χ2n) is 7.05. The molecule has 0 radical (unpaired) electrons. The maximum Gasteiger partial charge on any atom is 0.307 e. The van der Waals surface area contributed by atoms with Crippen LogP contribution in [-0.4, -0.2) is 11.1 Å². The van der Waals surface area contributed by atoms with Crippen molar-refractivity contribution in [1.29, 1.82) is 0 Å². The van der Waals surface area contributed by atoms with Gasteiger partial charge in [-0.1, -0.05) is 18.2 Å². The fourth-order valence-electron chi connectivity index (χ4n) is 3.61. The maximum atomic E-state index is 13.8. The van der Waals surface area contributed by atoms with Crippen LogP contribution in [0.3, 0.4) is 0 Å². The highest BCUT2D eigenvalue weighted by Crippen LogP contribution is 2.44. The Labute approximate surface area is 187 Å². The number of fused-ring (bicyclic) bond motifs is 1. The van der Waals surface area contributed by atoms with Crippen molar-refractivity contribution in [2.75, 3.05) is 0 Å². The Morgan fingerprint density at radius 1 is 1.03 bits per heavy atom. The normalized spacial score (nSPS) is 14.2. The van der Waals surface area contributed by atoms with Crippen molar-refractivity contribution in [2.45, 2.75) is 13.3 Å². The molecule has 5 heteroatoms. The van der Waals surface area contributed by atoms with E-state index in [-0.39, 0.29) is 12.2 Å². The summed E-state index contributed by atoms with van der Waals surface area (Å²) >= 11 is 2.25. The van der Waals surface area contributed by atoms with Crippen LogP contribution < -0.4 is 4.74 Å². The molecule has 0 unspecified atom stereocenters. The van der Waals surface area contributed by atoms with Gasteiger partial charge >= 0.3 is 5.97 Å². The summed E-state index contributed by atoms with van der Waals surface area (Å²) in [4.78, 5) is 11.3. The molecule has 3 aromatic carbocycles. The smallest absolute Gasteiger partial charge is 0.307 e. The van der Waals surface area contributed by atoms with Crippen LogP contribution in [0, 0.1) is 9.39 Å². The predicted molar refractivity (Wildman–Crippen MR) is 125 cm³/mol. The third-order valence-electron chi connectivity index (χ3n) is 5.00. The average molecular weight is 512 g/mol. The lowest BCUT2D eigenvalue weighted by molar-refractivity contribution is -0.135. The molecular weight excluding hydrogens is 494 g/mol. The number of hydrogen-bond donors (Lipinski definition) is 1. The van der Waals surface area contributed by atoms with Crippen molar-refractivity contribution in [3.8, 4) is 11.5 Å². The largest absolute Gasteiger partial charge is 0.481 e. The minimum absolute atomic E-state index is 0.143. The maximum absolute atomic E-state index is 13.8. The third kappa shape index (κ3) is 4.31. The molecule has 1 aliphatic carbocycles. The van der Waals surface area contributed by atoms with E-state index in [0.29, 0.717) is 16.9 Å². The van der Waals surface area contributed by atoms with Crippen molar-refractivity contribution in [3.05, 3.63) is 98.4 Å². The van der Waals surface area contributed by atoms with E-state index in [1.807, 2.05) is 61.5 Å². The first-order chi connectivity index (χ1) is 14.4. The number of halogens is 2. The van der Waals surface area contributed by atoms with Gasteiger partial charge in [0.15, 0.2) is 0 Å². The summed E-state index contributed by atoms with van der Waals surface area (Å²) in [5, 5.41) is 9.29. The Bertz CT molecular complexity index is 1190. The van der Waals surface area contributed by atoms with Crippen LogP contribution in [0.1, 0.15) is 30.0 Å². The summed E-state index contributed by atoms with van der Waals surface area (Å²) < 4.78 is 20.9. The lowest BCUT2D eigenvalue weighted by atomic mass is 10.0. The summed E-state index contributed by atoms with van der Waals surface area (Å²) in [7, 11) is 0. The number of rotatable bonds is 5. The summed E-state index contributed by atoms with van der Waals surface area (Å²) in [5.74, 6) is 0.143. The van der Waals surface area contributed by atoms with E-state index in [4.69, 9.17) is 4.74 Å². The Morgan fingerprint density at radius 3 is 2.53 bits per heavy atom. The van der Waals surface area contributed by atoms with Gasteiger partial charge in [-0.2, -0.15) is 0 Å². The van der Waals surface area contributed by atoms with Gasteiger partial charge in [0.2, 0.25) is 0 Å². The zero-order valence-corrected chi connectivity index (χ0v) is 18.3. The van der Waals surface area contributed by atoms with Gasteiger partial charge < -0.3 is 9.84 Å². The molecule has 0 bridgehead atoms. The standard InChI is InChI=1S/C25H18FIO3/c1-15-22(21-10-5-17(26)13-24(21)23(15)14-25(28)29)12-16-3-2-4-20(11-16)30-19-8-6-18(27)7-9-19/h2-13H,14H2,1H3,(H,28,29)/b22-12-. The summed E-state index contributed by atoms with van der Waals surface area (Å²) in [6, 6.07) is 20.0. The lowest BCUT2D eigenvalue weighted by Crippen LogP contribution is -1.97. The highest BCUT2D eigenvalue weighted by molar-refractivity contribution is 14.1. The van der Waals surface area contributed by atoms with Gasteiger partial charge in [0.05, 0.1) is 6.42 Å². The molecule has 4 rings (SSSR count). The quantitative estimate of drug-likeness (QED) is 0.374. The Balaban J connectivity index is 1.71. The molecule has 0 aliphatic heterocycles. The Hall–Kier alpha value is -2.93. The van der Waals surface area contributed by atoms with Crippen molar-refractivity contribution in [3.63, 3.8) is 0 Å². The molecule has 0 saturated carbocycles. The number of carboxylic acids is 1. The fraction of sp³-hybridized carbons (Fsp3) is 0.0800. The number of ether oxygens (including phenoxy) is 1. The van der Waals surface area contributed by atoms with Crippen molar-refractivity contribution < 1.29 is 19.0 Å². The number of aliphatic carboxylic acids is 1. The monoisotopic (exact) mass is 512 g/mol. The van der Waals surface area contributed by atoms with E-state index in [1.54, 1.807) is 6.07 Å². The summed E-state index contributed by atoms with van der Waals surface area (Å²) in [6.45, 7) is 1.88. The number of allylic oxidation sites excluding steroid dienone is 2. The lowest BCUT2D eigenvalue weighted by Gasteiger charge is -2.08. The Morgan fingerprint density at radius 2 is 1.80 bits per heavy atom. The minimum Gasteiger partial charge on any atom is -0.481 e. The molecular formula is C25H18FIO3. The van der Waals surface area contributed by atoms with E-state index in [2.05, 4.69) is 22.6 Å². The van der Waals surface area contributed by atoms with E-state index in [0.717, 1.165) is 31.6 Å². The molecule has 0 spiro atoms. The van der Waals surface area contributed by atoms with Crippen LogP contribution in [0.4, 0.5) is 4.39 Å². The van der Waals surface area contributed by atoms with Gasteiger partial charge in [0, 0.05) is 3.57 Å². The topological polar surface area (TPSA) is 46.5 Å². The van der Waals surface area contributed by atoms with Gasteiger partial charge in [-0.05, 0) is 118 Å². The molecule has 30 heavy (non-hydrogen) atoms. The van der Waals surface area contributed by atoms with Gasteiger partial charge in [0.25, 0.3) is 0 Å². The molecule has 1 aliphatic rings.